The molecule has 0 aliphatic heterocycles. The number of aromatic hydroxyl groups is 1. The number of nitrogens with one attached hydrogen (secondary N) is 1. The predicted molar refractivity (Wildman–Crippen MR) is 112 cm³/mol. The van der Waals surface area contributed by atoms with E-state index in [1.807, 2.05) is 0 Å². The summed E-state index contributed by atoms with van der Waals surface area (Å²) in [6.45, 7) is 4.34. The van der Waals surface area contributed by atoms with Crippen LogP contribution in [-0.4, -0.2) is 32.0 Å². The molecule has 2 aromatic carbocycles. The van der Waals surface area contributed by atoms with Crippen molar-refractivity contribution in [3.8, 4) is 5.75 Å². The van der Waals surface area contributed by atoms with Gasteiger partial charge in [-0.3, -0.25) is 0 Å². The second kappa shape index (κ2) is 7.39. The maximum atomic E-state index is 14.3. The molecule has 0 spiro atoms. The van der Waals surface area contributed by atoms with Crippen molar-refractivity contribution in [1.29, 1.82) is 0 Å². The highest BCUT2D eigenvalue weighted by molar-refractivity contribution is 6.32. The van der Waals surface area contributed by atoms with Crippen molar-refractivity contribution in [2.45, 2.75) is 50.4 Å². The molecule has 176 valence electrons. The van der Waals surface area contributed by atoms with Gasteiger partial charge in [0.2, 0.25) is 0 Å². The Balaban J connectivity index is 1.99. The third-order valence-electron chi connectivity index (χ3n) is 6.02. The van der Waals surface area contributed by atoms with Crippen molar-refractivity contribution in [2.75, 3.05) is 5.32 Å². The molecule has 5 nitrogen and oxygen atoms in total. The minimum atomic E-state index is -5.11. The van der Waals surface area contributed by atoms with Crippen LogP contribution < -0.4 is 5.32 Å². The number of halogens is 6. The maximum Gasteiger partial charge on any atom is 0.419 e. The van der Waals surface area contributed by atoms with Gasteiger partial charge in [-0.15, -0.1) is 0 Å². The lowest BCUT2D eigenvalue weighted by molar-refractivity contribution is -0.275. The number of anilines is 1. The fourth-order valence-electron chi connectivity index (χ4n) is 4.61. The van der Waals surface area contributed by atoms with Crippen LogP contribution >= 0.6 is 11.6 Å². The number of fused-ring (bicyclic) bond motifs is 2. The molecule has 3 N–H and O–H groups in total. The summed E-state index contributed by atoms with van der Waals surface area (Å²) in [7, 11) is 0. The monoisotopic (exact) mass is 487 g/mol. The molecular formula is C22H19ClF5N3O2. The van der Waals surface area contributed by atoms with Gasteiger partial charge in [0, 0.05) is 28.9 Å². The first-order chi connectivity index (χ1) is 15.2. The number of hydrogen-bond acceptors (Lipinski definition) is 5. The maximum absolute atomic E-state index is 14.3. The molecule has 0 fully saturated rings. The Morgan fingerprint density at radius 3 is 2.52 bits per heavy atom. The van der Waals surface area contributed by atoms with Crippen molar-refractivity contribution < 1.29 is 32.2 Å². The molecule has 0 saturated carbocycles. The Bertz CT molecular complexity index is 1280. The highest BCUT2D eigenvalue weighted by Crippen LogP contribution is 2.57. The predicted octanol–water partition coefficient (Wildman–Crippen LogP) is 5.70. The number of rotatable bonds is 2. The number of nitrogens with zero attached hydrogens (tertiary/aromatic N) is 2. The Kier molecular flexibility index (Phi) is 5.25. The molecule has 4 rings (SSSR count). The van der Waals surface area contributed by atoms with Gasteiger partial charge in [0.05, 0.1) is 11.1 Å². The first-order valence-corrected chi connectivity index (χ1v) is 10.2. The number of aliphatic hydroxyl groups is 1. The van der Waals surface area contributed by atoms with Crippen LogP contribution in [0.15, 0.2) is 24.4 Å². The largest absolute Gasteiger partial charge is 0.506 e. The van der Waals surface area contributed by atoms with E-state index < -0.39 is 52.6 Å². The number of alkyl halides is 3. The summed E-state index contributed by atoms with van der Waals surface area (Å²) in [5, 5.41) is 24.0. The Labute approximate surface area is 190 Å². The normalized spacial score (nSPS) is 22.3. The summed E-state index contributed by atoms with van der Waals surface area (Å²) in [6.07, 6.45) is -4.79. The van der Waals surface area contributed by atoms with Crippen molar-refractivity contribution in [1.82, 2.24) is 9.97 Å². The SMILES string of the molecule is Cc1ncc2c(NC3c4ccc(Cl)c(O)c4C(C)(C)CC3(O)C(F)(F)F)cc(F)c(F)c2n1. The van der Waals surface area contributed by atoms with Crippen LogP contribution in [0, 0.1) is 18.6 Å². The number of aromatic nitrogens is 2. The molecule has 1 aromatic heterocycles. The quantitative estimate of drug-likeness (QED) is 0.404. The summed E-state index contributed by atoms with van der Waals surface area (Å²) in [4.78, 5) is 7.79. The van der Waals surface area contributed by atoms with E-state index in [0.717, 1.165) is 6.20 Å². The van der Waals surface area contributed by atoms with Gasteiger partial charge in [-0.25, -0.2) is 18.7 Å². The molecule has 2 unspecified atom stereocenters. The van der Waals surface area contributed by atoms with Gasteiger partial charge in [-0.05, 0) is 30.4 Å². The zero-order valence-corrected chi connectivity index (χ0v) is 18.4. The average molecular weight is 488 g/mol. The fourth-order valence-corrected chi connectivity index (χ4v) is 4.76. The van der Waals surface area contributed by atoms with Crippen LogP contribution in [0.2, 0.25) is 5.02 Å². The topological polar surface area (TPSA) is 78.3 Å². The Morgan fingerprint density at radius 1 is 1.21 bits per heavy atom. The van der Waals surface area contributed by atoms with Gasteiger partial charge in [-0.2, -0.15) is 13.2 Å². The molecule has 1 aliphatic carbocycles. The van der Waals surface area contributed by atoms with Gasteiger partial charge in [0.1, 0.15) is 17.1 Å². The molecule has 0 amide bonds. The highest BCUT2D eigenvalue weighted by atomic mass is 35.5. The summed E-state index contributed by atoms with van der Waals surface area (Å²) in [5.41, 5.74) is -5.30. The van der Waals surface area contributed by atoms with Gasteiger partial charge >= 0.3 is 6.18 Å². The van der Waals surface area contributed by atoms with Crippen LogP contribution in [0.4, 0.5) is 27.6 Å². The molecule has 11 heteroatoms. The molecule has 2 atom stereocenters. The van der Waals surface area contributed by atoms with Crippen molar-refractivity contribution in [2.24, 2.45) is 0 Å². The third kappa shape index (κ3) is 3.56. The van der Waals surface area contributed by atoms with Crippen molar-refractivity contribution >= 4 is 28.2 Å². The zero-order valence-electron chi connectivity index (χ0n) is 17.7. The van der Waals surface area contributed by atoms with E-state index in [0.29, 0.717) is 6.07 Å². The number of aryl methyl sites for hydroxylation is 1. The molecule has 1 heterocycles. The third-order valence-corrected chi connectivity index (χ3v) is 6.32. The number of benzene rings is 2. The van der Waals surface area contributed by atoms with Crippen molar-refractivity contribution in [3.63, 3.8) is 0 Å². The summed E-state index contributed by atoms with van der Waals surface area (Å²) in [6, 6.07) is 1.26. The van der Waals surface area contributed by atoms with E-state index in [2.05, 4.69) is 15.3 Å². The van der Waals surface area contributed by atoms with E-state index >= 15 is 0 Å². The summed E-state index contributed by atoms with van der Waals surface area (Å²) < 4.78 is 71.5. The van der Waals surface area contributed by atoms with Gasteiger partial charge < -0.3 is 15.5 Å². The van der Waals surface area contributed by atoms with Gasteiger partial charge in [0.25, 0.3) is 0 Å². The molecule has 0 saturated heterocycles. The van der Waals surface area contributed by atoms with Crippen LogP contribution in [0.5, 0.6) is 5.75 Å². The molecule has 33 heavy (non-hydrogen) atoms. The lowest BCUT2D eigenvalue weighted by Gasteiger charge is -2.49. The first-order valence-electron chi connectivity index (χ1n) is 9.86. The van der Waals surface area contributed by atoms with Crippen LogP contribution in [0.3, 0.4) is 0 Å². The lowest BCUT2D eigenvalue weighted by Crippen LogP contribution is -2.58. The van der Waals surface area contributed by atoms with E-state index in [1.165, 1.54) is 32.9 Å². The van der Waals surface area contributed by atoms with Gasteiger partial charge in [0.15, 0.2) is 17.2 Å². The van der Waals surface area contributed by atoms with E-state index in [4.69, 9.17) is 11.6 Å². The lowest BCUT2D eigenvalue weighted by atomic mass is 9.63. The highest BCUT2D eigenvalue weighted by Gasteiger charge is 2.64. The average Bonchev–Trinajstić information content (AvgIpc) is 2.69. The Morgan fingerprint density at radius 2 is 1.88 bits per heavy atom. The molecule has 0 bridgehead atoms. The molecular weight excluding hydrogens is 469 g/mol. The van der Waals surface area contributed by atoms with E-state index in [9.17, 15) is 32.2 Å². The fraction of sp³-hybridized carbons (Fsp3) is 0.364. The smallest absolute Gasteiger partial charge is 0.419 e. The van der Waals surface area contributed by atoms with Crippen molar-refractivity contribution in [3.05, 3.63) is 58.0 Å². The summed E-state index contributed by atoms with van der Waals surface area (Å²) >= 11 is 6.01. The zero-order chi connectivity index (χ0) is 24.5. The Hall–Kier alpha value is -2.72. The summed E-state index contributed by atoms with van der Waals surface area (Å²) in [5.74, 6) is -2.89. The van der Waals surface area contributed by atoms with E-state index in [1.54, 1.807) is 0 Å². The van der Waals surface area contributed by atoms with Crippen LogP contribution in [-0.2, 0) is 5.41 Å². The minimum Gasteiger partial charge on any atom is -0.506 e. The number of phenolic OH excluding ortho intramolecular Hbond substituents is 1. The number of phenols is 1. The molecule has 1 aliphatic rings. The standard InChI is InChI=1S/C22H19ClF5N3O2/c1-9-29-7-11-14(6-13(24)16(25)17(11)30-9)31-19-10-4-5-12(23)18(32)15(10)20(2,3)8-21(19,33)22(26,27)28/h4-7,19,31-33H,8H2,1-3H3. The van der Waals surface area contributed by atoms with E-state index in [-0.39, 0.29) is 33.0 Å². The van der Waals surface area contributed by atoms with Gasteiger partial charge in [-0.1, -0.05) is 31.5 Å². The second-order valence-electron chi connectivity index (χ2n) is 8.82. The van der Waals surface area contributed by atoms with Crippen LogP contribution in [0.25, 0.3) is 10.9 Å². The number of hydrogen-bond donors (Lipinski definition) is 3. The van der Waals surface area contributed by atoms with Crippen LogP contribution in [0.1, 0.15) is 43.3 Å². The second-order valence-corrected chi connectivity index (χ2v) is 9.23. The molecule has 3 aromatic rings. The molecule has 0 radical (unpaired) electrons. The first kappa shape index (κ1) is 23.4. The minimum absolute atomic E-state index is 0.0693.